The minimum atomic E-state index is -0.306. The highest BCUT2D eigenvalue weighted by atomic mass is 16.2. The topological polar surface area (TPSA) is 85.1 Å². The maximum Gasteiger partial charge on any atom is 0.329 e. The maximum atomic E-state index is 12.6. The zero-order valence-corrected chi connectivity index (χ0v) is 15.6. The van der Waals surface area contributed by atoms with Gasteiger partial charge < -0.3 is 10.6 Å². The Balaban J connectivity index is 1.88. The lowest BCUT2D eigenvalue weighted by Crippen LogP contribution is -2.29. The molecule has 1 aromatic heterocycles. The number of imidazole rings is 1. The molecule has 2 amide bonds. The summed E-state index contributed by atoms with van der Waals surface area (Å²) in [6.45, 7) is 5.59. The Bertz CT molecular complexity index is 1080. The highest BCUT2D eigenvalue weighted by molar-refractivity contribution is 5.95. The van der Waals surface area contributed by atoms with Crippen LogP contribution < -0.4 is 16.3 Å². The van der Waals surface area contributed by atoms with Crippen LogP contribution in [0.15, 0.2) is 47.3 Å². The van der Waals surface area contributed by atoms with E-state index in [1.54, 1.807) is 22.8 Å². The van der Waals surface area contributed by atoms with Gasteiger partial charge in [-0.2, -0.15) is 0 Å². The molecule has 7 nitrogen and oxygen atoms in total. The molecule has 0 saturated heterocycles. The van der Waals surface area contributed by atoms with Gasteiger partial charge >= 0.3 is 5.69 Å². The number of hydrogen-bond donors (Lipinski definition) is 2. The Morgan fingerprint density at radius 2 is 1.52 bits per heavy atom. The van der Waals surface area contributed by atoms with Gasteiger partial charge in [-0.1, -0.05) is 18.2 Å². The molecule has 0 spiro atoms. The van der Waals surface area contributed by atoms with Gasteiger partial charge in [0.25, 0.3) is 0 Å². The van der Waals surface area contributed by atoms with Crippen molar-refractivity contribution in [3.63, 3.8) is 0 Å². The molecule has 140 valence electrons. The standard InChI is InChI=1S/C20H22N4O3/c1-4-23-17-10-5-6-11-18(17)24(20(23)27)12-19(26)22-16-9-7-8-15(13(16)2)21-14(3)25/h5-11H,4,12H2,1-3H3,(H,21,25)(H,22,26). The number of para-hydroxylation sites is 2. The molecule has 3 aromatic rings. The van der Waals surface area contributed by atoms with Crippen molar-refractivity contribution in [1.29, 1.82) is 0 Å². The summed E-state index contributed by atoms with van der Waals surface area (Å²) in [4.78, 5) is 36.5. The second-order valence-electron chi connectivity index (χ2n) is 6.31. The van der Waals surface area contributed by atoms with Crippen LogP contribution in [0.5, 0.6) is 0 Å². The van der Waals surface area contributed by atoms with E-state index in [-0.39, 0.29) is 24.0 Å². The highest BCUT2D eigenvalue weighted by Crippen LogP contribution is 2.23. The molecule has 0 bridgehead atoms. The molecule has 3 rings (SSSR count). The van der Waals surface area contributed by atoms with Gasteiger partial charge in [-0.15, -0.1) is 0 Å². The predicted molar refractivity (Wildman–Crippen MR) is 106 cm³/mol. The van der Waals surface area contributed by atoms with Crippen molar-refractivity contribution < 1.29 is 9.59 Å². The third-order valence-electron chi connectivity index (χ3n) is 4.46. The van der Waals surface area contributed by atoms with Crippen LogP contribution in [-0.2, 0) is 22.7 Å². The first-order chi connectivity index (χ1) is 12.9. The van der Waals surface area contributed by atoms with E-state index in [0.29, 0.717) is 17.9 Å². The summed E-state index contributed by atoms with van der Waals surface area (Å²) < 4.78 is 3.12. The van der Waals surface area contributed by atoms with E-state index in [9.17, 15) is 14.4 Å². The van der Waals surface area contributed by atoms with Gasteiger partial charge in [0.15, 0.2) is 0 Å². The number of carbonyl (C=O) groups is 2. The minimum absolute atomic E-state index is 0.0872. The van der Waals surface area contributed by atoms with Gasteiger partial charge in [-0.05, 0) is 43.7 Å². The highest BCUT2D eigenvalue weighted by Gasteiger charge is 2.15. The van der Waals surface area contributed by atoms with Crippen molar-refractivity contribution in [2.45, 2.75) is 33.9 Å². The van der Waals surface area contributed by atoms with Crippen LogP contribution in [0.2, 0.25) is 0 Å². The summed E-state index contributed by atoms with van der Waals surface area (Å²) in [7, 11) is 0. The first-order valence-electron chi connectivity index (χ1n) is 8.77. The van der Waals surface area contributed by atoms with Crippen molar-refractivity contribution in [3.05, 3.63) is 58.5 Å². The fourth-order valence-electron chi connectivity index (χ4n) is 3.16. The van der Waals surface area contributed by atoms with E-state index >= 15 is 0 Å². The van der Waals surface area contributed by atoms with Crippen LogP contribution in [0, 0.1) is 6.92 Å². The third-order valence-corrected chi connectivity index (χ3v) is 4.46. The SMILES string of the molecule is CCn1c(=O)n(CC(=O)Nc2cccc(NC(C)=O)c2C)c2ccccc21. The zero-order valence-electron chi connectivity index (χ0n) is 15.6. The van der Waals surface area contributed by atoms with Crippen molar-refractivity contribution in [1.82, 2.24) is 9.13 Å². The largest absolute Gasteiger partial charge is 0.329 e. The lowest BCUT2D eigenvalue weighted by atomic mass is 10.1. The van der Waals surface area contributed by atoms with E-state index in [2.05, 4.69) is 10.6 Å². The number of hydrogen-bond acceptors (Lipinski definition) is 3. The number of nitrogens with zero attached hydrogens (tertiary/aromatic N) is 2. The van der Waals surface area contributed by atoms with Crippen LogP contribution >= 0.6 is 0 Å². The Morgan fingerprint density at radius 1 is 0.926 bits per heavy atom. The summed E-state index contributed by atoms with van der Waals surface area (Å²) in [5.41, 5.74) is 3.31. The van der Waals surface area contributed by atoms with Gasteiger partial charge in [0.05, 0.1) is 11.0 Å². The minimum Gasteiger partial charge on any atom is -0.326 e. The Morgan fingerprint density at radius 3 is 2.11 bits per heavy atom. The monoisotopic (exact) mass is 366 g/mol. The summed E-state index contributed by atoms with van der Waals surface area (Å²) >= 11 is 0. The van der Waals surface area contributed by atoms with Crippen LogP contribution in [-0.4, -0.2) is 20.9 Å². The Labute approximate surface area is 156 Å². The summed E-state index contributed by atoms with van der Waals surface area (Å²) in [5.74, 6) is -0.486. The van der Waals surface area contributed by atoms with Crippen LogP contribution in [0.3, 0.4) is 0 Å². The molecule has 0 aliphatic heterocycles. The average molecular weight is 366 g/mol. The molecule has 0 aliphatic carbocycles. The molecular weight excluding hydrogens is 344 g/mol. The number of carbonyl (C=O) groups excluding carboxylic acids is 2. The molecule has 1 heterocycles. The normalized spacial score (nSPS) is 10.8. The summed E-state index contributed by atoms with van der Waals surface area (Å²) in [6.07, 6.45) is 0. The molecule has 0 atom stereocenters. The molecular formula is C20H22N4O3. The number of nitrogens with one attached hydrogen (secondary N) is 2. The smallest absolute Gasteiger partial charge is 0.326 e. The molecule has 2 N–H and O–H groups in total. The van der Waals surface area contributed by atoms with Crippen molar-refractivity contribution in [3.8, 4) is 0 Å². The average Bonchev–Trinajstić information content (AvgIpc) is 2.89. The zero-order chi connectivity index (χ0) is 19.6. The van der Waals surface area contributed by atoms with Crippen LogP contribution in [0.25, 0.3) is 11.0 Å². The predicted octanol–water partition coefficient (Wildman–Crippen LogP) is 2.73. The van der Waals surface area contributed by atoms with Gasteiger partial charge in [0.1, 0.15) is 6.54 Å². The lowest BCUT2D eigenvalue weighted by molar-refractivity contribution is -0.117. The van der Waals surface area contributed by atoms with Crippen molar-refractivity contribution >= 4 is 34.2 Å². The van der Waals surface area contributed by atoms with Gasteiger partial charge in [0.2, 0.25) is 11.8 Å². The number of benzene rings is 2. The Kier molecular flexibility index (Phi) is 5.12. The molecule has 7 heteroatoms. The molecule has 0 unspecified atom stereocenters. The fraction of sp³-hybridized carbons (Fsp3) is 0.250. The van der Waals surface area contributed by atoms with E-state index in [4.69, 9.17) is 0 Å². The first kappa shape index (κ1) is 18.4. The summed E-state index contributed by atoms with van der Waals surface area (Å²) in [6, 6.07) is 12.7. The molecule has 2 aromatic carbocycles. The maximum absolute atomic E-state index is 12.6. The van der Waals surface area contributed by atoms with Gasteiger partial charge in [-0.3, -0.25) is 18.7 Å². The van der Waals surface area contributed by atoms with E-state index in [1.807, 2.05) is 38.1 Å². The first-order valence-corrected chi connectivity index (χ1v) is 8.77. The molecule has 0 saturated carbocycles. The molecule has 0 radical (unpaired) electrons. The number of amides is 2. The van der Waals surface area contributed by atoms with E-state index < -0.39 is 0 Å². The van der Waals surface area contributed by atoms with Crippen LogP contribution in [0.1, 0.15) is 19.4 Å². The molecule has 0 fully saturated rings. The van der Waals surface area contributed by atoms with E-state index in [0.717, 1.165) is 16.6 Å². The van der Waals surface area contributed by atoms with E-state index in [1.165, 1.54) is 11.5 Å². The number of aryl methyl sites for hydroxylation is 1. The van der Waals surface area contributed by atoms with Gasteiger partial charge in [-0.25, -0.2) is 4.79 Å². The Hall–Kier alpha value is -3.35. The number of aromatic nitrogens is 2. The van der Waals surface area contributed by atoms with Crippen molar-refractivity contribution in [2.75, 3.05) is 10.6 Å². The summed E-state index contributed by atoms with van der Waals surface area (Å²) in [5, 5.41) is 5.56. The van der Waals surface area contributed by atoms with Gasteiger partial charge in [0, 0.05) is 24.8 Å². The number of anilines is 2. The molecule has 27 heavy (non-hydrogen) atoms. The second-order valence-corrected chi connectivity index (χ2v) is 6.31. The number of fused-ring (bicyclic) bond motifs is 1. The quantitative estimate of drug-likeness (QED) is 0.728. The lowest BCUT2D eigenvalue weighted by Gasteiger charge is -2.13. The fourth-order valence-corrected chi connectivity index (χ4v) is 3.16. The van der Waals surface area contributed by atoms with Crippen LogP contribution in [0.4, 0.5) is 11.4 Å². The van der Waals surface area contributed by atoms with Crippen molar-refractivity contribution in [2.24, 2.45) is 0 Å². The second kappa shape index (κ2) is 7.49. The third kappa shape index (κ3) is 3.62. The molecule has 0 aliphatic rings. The number of rotatable bonds is 5.